The normalized spacial score (nSPS) is 16.8. The molecule has 1 N–H and O–H groups in total. The zero-order chi connectivity index (χ0) is 16.4. The van der Waals surface area contributed by atoms with Gasteiger partial charge >= 0.3 is 0 Å². The second-order valence-electron chi connectivity index (χ2n) is 7.43. The number of hydrogen-bond donors (Lipinski definition) is 1. The number of fused-ring (bicyclic) bond motifs is 1. The Balaban J connectivity index is 1.89. The van der Waals surface area contributed by atoms with E-state index in [1.807, 2.05) is 0 Å². The molecule has 0 bridgehead atoms. The van der Waals surface area contributed by atoms with Gasteiger partial charge in [-0.15, -0.1) is 0 Å². The molecule has 1 saturated heterocycles. The van der Waals surface area contributed by atoms with Crippen LogP contribution in [-0.2, 0) is 6.42 Å². The van der Waals surface area contributed by atoms with E-state index in [9.17, 15) is 0 Å². The molecular formula is C20H31N3. The minimum absolute atomic E-state index is 0.510. The molecule has 23 heavy (non-hydrogen) atoms. The second-order valence-corrected chi connectivity index (χ2v) is 7.43. The highest BCUT2D eigenvalue weighted by molar-refractivity contribution is 5.85. The van der Waals surface area contributed by atoms with E-state index in [2.05, 4.69) is 66.9 Å². The van der Waals surface area contributed by atoms with Crippen LogP contribution in [0.5, 0.6) is 0 Å². The predicted octanol–water partition coefficient (Wildman–Crippen LogP) is 3.79. The zero-order valence-corrected chi connectivity index (χ0v) is 15.1. The maximum Gasteiger partial charge on any atom is 0.0485 e. The number of benzene rings is 1. The molecular weight excluding hydrogens is 282 g/mol. The fourth-order valence-electron chi connectivity index (χ4n) is 3.54. The zero-order valence-electron chi connectivity index (χ0n) is 15.1. The van der Waals surface area contributed by atoms with Crippen molar-refractivity contribution in [2.24, 2.45) is 0 Å². The Morgan fingerprint density at radius 3 is 2.48 bits per heavy atom. The summed E-state index contributed by atoms with van der Waals surface area (Å²) in [4.78, 5) is 2.58. The number of rotatable bonds is 5. The Labute approximate surface area is 140 Å². The van der Waals surface area contributed by atoms with E-state index in [0.29, 0.717) is 12.0 Å². The molecule has 0 aliphatic carbocycles. The third kappa shape index (κ3) is 3.61. The first-order valence-electron chi connectivity index (χ1n) is 9.12. The van der Waals surface area contributed by atoms with Gasteiger partial charge in [0, 0.05) is 55.9 Å². The molecule has 0 amide bonds. The van der Waals surface area contributed by atoms with Crippen LogP contribution in [0.3, 0.4) is 0 Å². The molecule has 0 atom stereocenters. The smallest absolute Gasteiger partial charge is 0.0485 e. The molecule has 0 unspecified atom stereocenters. The minimum atomic E-state index is 0.510. The Morgan fingerprint density at radius 1 is 1.09 bits per heavy atom. The van der Waals surface area contributed by atoms with Crippen LogP contribution in [0.4, 0.5) is 0 Å². The van der Waals surface area contributed by atoms with Gasteiger partial charge in [-0.1, -0.05) is 19.9 Å². The van der Waals surface area contributed by atoms with Gasteiger partial charge in [0.05, 0.1) is 0 Å². The molecule has 1 fully saturated rings. The minimum Gasteiger partial charge on any atom is -0.345 e. The monoisotopic (exact) mass is 313 g/mol. The van der Waals surface area contributed by atoms with Crippen molar-refractivity contribution in [2.75, 3.05) is 32.7 Å². The maximum atomic E-state index is 3.44. The molecule has 2 heterocycles. The summed E-state index contributed by atoms with van der Waals surface area (Å²) in [5, 5.41) is 4.89. The van der Waals surface area contributed by atoms with E-state index in [1.165, 1.54) is 41.7 Å². The highest BCUT2D eigenvalue weighted by atomic mass is 15.2. The maximum absolute atomic E-state index is 3.44. The van der Waals surface area contributed by atoms with Gasteiger partial charge in [-0.2, -0.15) is 0 Å². The summed E-state index contributed by atoms with van der Waals surface area (Å²) in [5.41, 5.74) is 4.34. The van der Waals surface area contributed by atoms with Gasteiger partial charge in [0.2, 0.25) is 0 Å². The molecule has 0 saturated carbocycles. The van der Waals surface area contributed by atoms with Gasteiger partial charge in [-0.05, 0) is 49.4 Å². The summed E-state index contributed by atoms with van der Waals surface area (Å²) in [7, 11) is 0. The summed E-state index contributed by atoms with van der Waals surface area (Å²) in [5.74, 6) is 0.586. The van der Waals surface area contributed by atoms with Crippen LogP contribution in [0.25, 0.3) is 10.9 Å². The van der Waals surface area contributed by atoms with Crippen molar-refractivity contribution >= 4 is 10.9 Å². The van der Waals surface area contributed by atoms with Crippen LogP contribution >= 0.6 is 0 Å². The van der Waals surface area contributed by atoms with E-state index in [1.54, 1.807) is 0 Å². The lowest BCUT2D eigenvalue weighted by Crippen LogP contribution is -2.44. The van der Waals surface area contributed by atoms with Crippen molar-refractivity contribution in [1.29, 1.82) is 0 Å². The largest absolute Gasteiger partial charge is 0.345 e. The molecule has 0 radical (unpaired) electrons. The average Bonchev–Trinajstić information content (AvgIpc) is 2.92. The number of hydrogen-bond acceptors (Lipinski definition) is 2. The SMILES string of the molecule is CC(C)c1ccc2c(c1)c(CCN1CCNCC1)cn2C(C)C. The highest BCUT2D eigenvalue weighted by Crippen LogP contribution is 2.28. The number of piperazine rings is 1. The summed E-state index contributed by atoms with van der Waals surface area (Å²) < 4.78 is 2.44. The molecule has 1 aliphatic heterocycles. The fraction of sp³-hybridized carbons (Fsp3) is 0.600. The summed E-state index contributed by atoms with van der Waals surface area (Å²) in [6.45, 7) is 14.9. The van der Waals surface area contributed by atoms with Crippen LogP contribution in [0.1, 0.15) is 50.8 Å². The van der Waals surface area contributed by atoms with Crippen LogP contribution in [0.2, 0.25) is 0 Å². The van der Waals surface area contributed by atoms with Crippen LogP contribution in [0, 0.1) is 0 Å². The molecule has 3 heteroatoms. The fourth-order valence-corrected chi connectivity index (χ4v) is 3.54. The third-order valence-electron chi connectivity index (χ3n) is 5.07. The molecule has 3 nitrogen and oxygen atoms in total. The van der Waals surface area contributed by atoms with Gasteiger partial charge in [-0.3, -0.25) is 0 Å². The van der Waals surface area contributed by atoms with E-state index >= 15 is 0 Å². The van der Waals surface area contributed by atoms with E-state index in [0.717, 1.165) is 19.5 Å². The van der Waals surface area contributed by atoms with Crippen LogP contribution < -0.4 is 5.32 Å². The van der Waals surface area contributed by atoms with Crippen LogP contribution in [0.15, 0.2) is 24.4 Å². The molecule has 2 aromatic rings. The molecule has 1 aliphatic rings. The third-order valence-corrected chi connectivity index (χ3v) is 5.07. The second kappa shape index (κ2) is 7.06. The van der Waals surface area contributed by atoms with Crippen molar-refractivity contribution in [3.8, 4) is 0 Å². The van der Waals surface area contributed by atoms with E-state index < -0.39 is 0 Å². The topological polar surface area (TPSA) is 20.2 Å². The van der Waals surface area contributed by atoms with Gasteiger partial charge < -0.3 is 14.8 Å². The molecule has 1 aromatic heterocycles. The van der Waals surface area contributed by atoms with Crippen molar-refractivity contribution in [2.45, 2.75) is 46.1 Å². The highest BCUT2D eigenvalue weighted by Gasteiger charge is 2.14. The number of nitrogens with zero attached hydrogens (tertiary/aromatic N) is 2. The van der Waals surface area contributed by atoms with Crippen molar-refractivity contribution in [3.05, 3.63) is 35.5 Å². The van der Waals surface area contributed by atoms with E-state index in [-0.39, 0.29) is 0 Å². The Bertz CT molecular complexity index is 648. The number of nitrogens with one attached hydrogen (secondary N) is 1. The molecule has 3 rings (SSSR count). The standard InChI is InChI=1S/C20H31N3/c1-15(2)17-5-6-20-19(13-17)18(14-23(20)16(3)4)7-10-22-11-8-21-9-12-22/h5-6,13-16,21H,7-12H2,1-4H3. The first-order chi connectivity index (χ1) is 11.1. The quantitative estimate of drug-likeness (QED) is 0.906. The summed E-state index contributed by atoms with van der Waals surface area (Å²) in [6, 6.07) is 7.55. The van der Waals surface area contributed by atoms with Crippen LogP contribution in [-0.4, -0.2) is 42.2 Å². The Kier molecular flexibility index (Phi) is 5.08. The van der Waals surface area contributed by atoms with Crippen molar-refractivity contribution < 1.29 is 0 Å². The molecule has 0 spiro atoms. The lowest BCUT2D eigenvalue weighted by molar-refractivity contribution is 0.244. The average molecular weight is 313 g/mol. The summed E-state index contributed by atoms with van der Waals surface area (Å²) in [6.07, 6.45) is 3.54. The number of aromatic nitrogens is 1. The van der Waals surface area contributed by atoms with Gasteiger partial charge in [0.25, 0.3) is 0 Å². The first kappa shape index (κ1) is 16.5. The molecule has 1 aromatic carbocycles. The van der Waals surface area contributed by atoms with Crippen molar-refractivity contribution in [3.63, 3.8) is 0 Å². The lowest BCUT2D eigenvalue weighted by Gasteiger charge is -2.27. The Morgan fingerprint density at radius 2 is 1.83 bits per heavy atom. The predicted molar refractivity (Wildman–Crippen MR) is 99.4 cm³/mol. The van der Waals surface area contributed by atoms with Gasteiger partial charge in [0.15, 0.2) is 0 Å². The Hall–Kier alpha value is -1.32. The summed E-state index contributed by atoms with van der Waals surface area (Å²) >= 11 is 0. The van der Waals surface area contributed by atoms with E-state index in [4.69, 9.17) is 0 Å². The lowest BCUT2D eigenvalue weighted by atomic mass is 10.00. The van der Waals surface area contributed by atoms with Gasteiger partial charge in [0.1, 0.15) is 0 Å². The van der Waals surface area contributed by atoms with Gasteiger partial charge in [-0.25, -0.2) is 0 Å². The molecule has 126 valence electrons. The first-order valence-corrected chi connectivity index (χ1v) is 9.12. The van der Waals surface area contributed by atoms with Crippen molar-refractivity contribution in [1.82, 2.24) is 14.8 Å².